The van der Waals surface area contributed by atoms with E-state index in [1.165, 1.54) is 18.4 Å². The summed E-state index contributed by atoms with van der Waals surface area (Å²) in [4.78, 5) is 81.8. The van der Waals surface area contributed by atoms with Gasteiger partial charge in [-0.1, -0.05) is 49.4 Å². The summed E-state index contributed by atoms with van der Waals surface area (Å²) in [6.45, 7) is 10.2. The van der Waals surface area contributed by atoms with Crippen molar-refractivity contribution in [2.75, 3.05) is 20.2 Å². The van der Waals surface area contributed by atoms with Crippen LogP contribution in [0.3, 0.4) is 0 Å². The number of amides is 3. The molecule has 4 aromatic rings. The first-order valence-electron chi connectivity index (χ1n) is 18.5. The first-order valence-corrected chi connectivity index (χ1v) is 19.3. The lowest BCUT2D eigenvalue weighted by atomic mass is 10.0. The Bertz CT molecular complexity index is 1980. The molecule has 1 aromatic carbocycles. The number of H-pyrrole nitrogens is 1. The molecule has 6 rings (SSSR count). The van der Waals surface area contributed by atoms with Crippen LogP contribution in [0.25, 0.3) is 26.7 Å². The molecule has 2 N–H and O–H groups in total. The topological polar surface area (TPSA) is 168 Å². The summed E-state index contributed by atoms with van der Waals surface area (Å²) >= 11 is 1.52. The fourth-order valence-electron chi connectivity index (χ4n) is 7.16. The highest BCUT2D eigenvalue weighted by atomic mass is 32.1. The van der Waals surface area contributed by atoms with E-state index in [9.17, 15) is 24.0 Å². The van der Waals surface area contributed by atoms with Crippen molar-refractivity contribution in [3.63, 3.8) is 0 Å². The van der Waals surface area contributed by atoms with Crippen molar-refractivity contribution < 1.29 is 33.4 Å². The van der Waals surface area contributed by atoms with Crippen LogP contribution in [0.5, 0.6) is 0 Å². The van der Waals surface area contributed by atoms with Crippen molar-refractivity contribution in [3.05, 3.63) is 54.4 Å². The molecule has 3 atom stereocenters. The number of thiazole rings is 1. The maximum absolute atomic E-state index is 13.5. The third kappa shape index (κ3) is 8.83. The van der Waals surface area contributed by atoms with Crippen molar-refractivity contribution in [3.8, 4) is 21.7 Å². The SMILES string of the molecule is COC(=O)N[C@H](C(=O)N1CCC[C@H]1c1ncc(-c2ccc(-c3cn4cc(CC(=O)C5CCCN5C(=O)CCC(=O)OC(C)(C)C)nc4s3)cc2)[nH]1)C(C)C. The molecule has 3 aromatic heterocycles. The highest BCUT2D eigenvalue weighted by Gasteiger charge is 2.38. The number of ether oxygens (including phenoxy) is 2. The molecule has 2 aliphatic rings. The van der Waals surface area contributed by atoms with Crippen LogP contribution in [0.4, 0.5) is 4.79 Å². The van der Waals surface area contributed by atoms with Gasteiger partial charge >= 0.3 is 12.1 Å². The lowest BCUT2D eigenvalue weighted by Gasteiger charge is -2.30. The number of aromatic nitrogens is 4. The maximum Gasteiger partial charge on any atom is 0.407 e. The predicted molar refractivity (Wildman–Crippen MR) is 202 cm³/mol. The predicted octanol–water partition coefficient (Wildman–Crippen LogP) is 5.72. The van der Waals surface area contributed by atoms with E-state index in [1.54, 1.807) is 36.8 Å². The van der Waals surface area contributed by atoms with Gasteiger partial charge in [0.25, 0.3) is 0 Å². The van der Waals surface area contributed by atoms with Crippen LogP contribution < -0.4 is 5.32 Å². The van der Waals surface area contributed by atoms with Gasteiger partial charge in [0, 0.05) is 31.9 Å². The molecule has 14 nitrogen and oxygen atoms in total. The highest BCUT2D eigenvalue weighted by molar-refractivity contribution is 7.20. The number of benzene rings is 1. The lowest BCUT2D eigenvalue weighted by molar-refractivity contribution is -0.156. The lowest BCUT2D eigenvalue weighted by Crippen LogP contribution is -2.51. The fourth-order valence-corrected chi connectivity index (χ4v) is 8.15. The minimum Gasteiger partial charge on any atom is -0.460 e. The number of ketones is 1. The minimum atomic E-state index is -0.696. The third-order valence-electron chi connectivity index (χ3n) is 9.79. The zero-order valence-corrected chi connectivity index (χ0v) is 32.5. The Balaban J connectivity index is 1.06. The number of methoxy groups -OCH3 is 1. The molecule has 1 unspecified atom stereocenters. The summed E-state index contributed by atoms with van der Waals surface area (Å²) in [7, 11) is 1.28. The zero-order valence-electron chi connectivity index (χ0n) is 31.7. The van der Waals surface area contributed by atoms with Gasteiger partial charge in [0.2, 0.25) is 11.8 Å². The number of rotatable bonds is 12. The zero-order chi connectivity index (χ0) is 38.7. The Hall–Kier alpha value is -5.05. The fraction of sp³-hybridized carbons (Fsp3) is 0.513. The maximum atomic E-state index is 13.5. The summed E-state index contributed by atoms with van der Waals surface area (Å²) in [5.41, 5.74) is 2.84. The molecule has 0 spiro atoms. The van der Waals surface area contributed by atoms with Gasteiger partial charge in [0.05, 0.1) is 54.5 Å². The van der Waals surface area contributed by atoms with Crippen LogP contribution in [-0.2, 0) is 35.1 Å². The standard InChI is InChI=1S/C39H49N7O7S/c1-23(2)34(43-38(51)52-6)36(50)46-18-8-10-29(46)35-40-20-27(42-35)24-11-13-25(14-12-24)31-22-44-21-26(41-37(44)54-31)19-30(47)28-9-7-17-45(28)32(48)15-16-33(49)53-39(3,4)5/h11-14,20-23,28-29,34H,7-10,15-19H2,1-6H3,(H,40,42)(H,43,51)/t28?,29-,34-/m0/s1. The highest BCUT2D eigenvalue weighted by Crippen LogP contribution is 2.34. The number of carbonyl (C=O) groups excluding carboxylic acids is 5. The molecule has 3 amide bonds. The number of esters is 1. The second-order valence-corrected chi connectivity index (χ2v) is 16.3. The summed E-state index contributed by atoms with van der Waals surface area (Å²) in [5.74, 6) is -0.233. The number of aromatic amines is 1. The van der Waals surface area contributed by atoms with Crippen molar-refractivity contribution in [1.29, 1.82) is 0 Å². The van der Waals surface area contributed by atoms with Crippen LogP contribution >= 0.6 is 11.3 Å². The van der Waals surface area contributed by atoms with Gasteiger partial charge < -0.3 is 29.6 Å². The molecule has 288 valence electrons. The first kappa shape index (κ1) is 38.7. The summed E-state index contributed by atoms with van der Waals surface area (Å²) in [5, 5.41) is 2.68. The van der Waals surface area contributed by atoms with E-state index in [0.717, 1.165) is 45.9 Å². The van der Waals surface area contributed by atoms with Gasteiger partial charge in [-0.15, -0.1) is 0 Å². The minimum absolute atomic E-state index is 0.0124. The van der Waals surface area contributed by atoms with Gasteiger partial charge in [-0.2, -0.15) is 0 Å². The van der Waals surface area contributed by atoms with E-state index < -0.39 is 29.7 Å². The monoisotopic (exact) mass is 759 g/mol. The van der Waals surface area contributed by atoms with Crippen LogP contribution in [0.1, 0.15) is 90.7 Å². The number of imidazole rings is 2. The van der Waals surface area contributed by atoms with Gasteiger partial charge in [-0.05, 0) is 63.5 Å². The van der Waals surface area contributed by atoms with E-state index in [2.05, 4.69) is 15.3 Å². The molecule has 54 heavy (non-hydrogen) atoms. The average molecular weight is 760 g/mol. The largest absolute Gasteiger partial charge is 0.460 e. The number of nitrogens with zero attached hydrogens (tertiary/aromatic N) is 5. The van der Waals surface area contributed by atoms with Crippen molar-refractivity contribution in [2.45, 2.75) is 103 Å². The molecule has 0 bridgehead atoms. The first-order chi connectivity index (χ1) is 25.7. The average Bonchev–Trinajstić information content (AvgIpc) is 3.96. The molecular formula is C39H49N7O7S. The number of likely N-dealkylation sites (tertiary alicyclic amines) is 2. The van der Waals surface area contributed by atoms with E-state index in [-0.39, 0.29) is 48.8 Å². The Morgan fingerprint density at radius 2 is 1.69 bits per heavy atom. The van der Waals surface area contributed by atoms with Crippen LogP contribution in [-0.4, -0.2) is 96.7 Å². The van der Waals surface area contributed by atoms with Gasteiger partial charge in [0.1, 0.15) is 17.5 Å². The Morgan fingerprint density at radius 1 is 0.981 bits per heavy atom. The quantitative estimate of drug-likeness (QED) is 0.172. The summed E-state index contributed by atoms with van der Waals surface area (Å²) in [6.07, 6.45) is 8.10. The smallest absolute Gasteiger partial charge is 0.407 e. The Morgan fingerprint density at radius 3 is 2.37 bits per heavy atom. The number of carbonyl (C=O) groups is 5. The second kappa shape index (κ2) is 16.1. The number of hydrogen-bond acceptors (Lipinski definition) is 10. The van der Waals surface area contributed by atoms with Gasteiger partial charge in [-0.3, -0.25) is 23.6 Å². The molecule has 0 aliphatic carbocycles. The number of hydrogen-bond donors (Lipinski definition) is 2. The molecule has 2 saturated heterocycles. The van der Waals surface area contributed by atoms with E-state index in [1.807, 2.05) is 54.9 Å². The van der Waals surface area contributed by atoms with Crippen LogP contribution in [0, 0.1) is 5.92 Å². The number of Topliss-reactive ketones (excluding diaryl/α,β-unsaturated/α-hetero) is 1. The normalized spacial score (nSPS) is 18.0. The number of alkyl carbamates (subject to hydrolysis) is 1. The third-order valence-corrected chi connectivity index (χ3v) is 10.8. The molecule has 5 heterocycles. The van der Waals surface area contributed by atoms with E-state index >= 15 is 0 Å². The molecule has 0 saturated carbocycles. The molecule has 2 fully saturated rings. The number of nitrogens with one attached hydrogen (secondary N) is 2. The van der Waals surface area contributed by atoms with Crippen molar-refractivity contribution in [1.82, 2.24) is 34.5 Å². The Kier molecular flexibility index (Phi) is 11.5. The summed E-state index contributed by atoms with van der Waals surface area (Å²) < 4.78 is 12.0. The Labute approximate surface area is 318 Å². The molecule has 0 radical (unpaired) electrons. The number of fused-ring (bicyclic) bond motifs is 1. The van der Waals surface area contributed by atoms with E-state index in [4.69, 9.17) is 14.5 Å². The van der Waals surface area contributed by atoms with Crippen molar-refractivity contribution in [2.24, 2.45) is 5.92 Å². The molecular weight excluding hydrogens is 711 g/mol. The van der Waals surface area contributed by atoms with Crippen molar-refractivity contribution >= 4 is 46.0 Å². The van der Waals surface area contributed by atoms with Gasteiger partial charge in [0.15, 0.2) is 10.7 Å². The molecule has 2 aliphatic heterocycles. The molecule has 15 heteroatoms. The van der Waals surface area contributed by atoms with E-state index in [0.29, 0.717) is 31.0 Å². The van der Waals surface area contributed by atoms with Gasteiger partial charge in [-0.25, -0.2) is 14.8 Å². The van der Waals surface area contributed by atoms with Crippen LogP contribution in [0.15, 0.2) is 42.9 Å². The second-order valence-electron chi connectivity index (χ2n) is 15.3. The summed E-state index contributed by atoms with van der Waals surface area (Å²) in [6, 6.07) is 6.70. The van der Waals surface area contributed by atoms with Crippen LogP contribution in [0.2, 0.25) is 0 Å².